The highest BCUT2D eigenvalue weighted by Gasteiger charge is 2.20. The summed E-state index contributed by atoms with van der Waals surface area (Å²) in [5.41, 5.74) is -0.382. The minimum Gasteiger partial charge on any atom is -0.772 e. The van der Waals surface area contributed by atoms with E-state index in [1.54, 1.807) is 20.8 Å². The van der Waals surface area contributed by atoms with Gasteiger partial charge in [0.05, 0.1) is 0 Å². The fourth-order valence-corrected chi connectivity index (χ4v) is 1.41. The smallest absolute Gasteiger partial charge is 0.246 e. The van der Waals surface area contributed by atoms with Crippen LogP contribution in [0.2, 0.25) is 0 Å². The van der Waals surface area contributed by atoms with Crippen LogP contribution in [0.25, 0.3) is 0 Å². The predicted molar refractivity (Wildman–Crippen MR) is 50.8 cm³/mol. The molecule has 0 aliphatic heterocycles. The van der Waals surface area contributed by atoms with E-state index in [2.05, 4.69) is 11.9 Å². The lowest BCUT2D eigenvalue weighted by Gasteiger charge is -2.27. The molecule has 1 atom stereocenters. The first-order chi connectivity index (χ1) is 5.74. The van der Waals surface area contributed by atoms with E-state index in [1.165, 1.54) is 0 Å². The SMILES string of the molecule is C=C(C)C(=O)NC(C)(C)CS(=O)[O-]. The van der Waals surface area contributed by atoms with Gasteiger partial charge in [-0.25, -0.2) is 0 Å². The summed E-state index contributed by atoms with van der Waals surface area (Å²) in [6, 6.07) is 0. The fraction of sp³-hybridized carbons (Fsp3) is 0.625. The molecule has 13 heavy (non-hydrogen) atoms. The Labute approximate surface area is 80.7 Å². The topological polar surface area (TPSA) is 69.2 Å². The molecule has 76 valence electrons. The van der Waals surface area contributed by atoms with Crippen molar-refractivity contribution in [1.29, 1.82) is 0 Å². The van der Waals surface area contributed by atoms with Crippen LogP contribution in [-0.4, -0.2) is 26.0 Å². The Morgan fingerprint density at radius 1 is 1.62 bits per heavy atom. The van der Waals surface area contributed by atoms with Crippen LogP contribution in [0.4, 0.5) is 0 Å². The van der Waals surface area contributed by atoms with Gasteiger partial charge in [-0.1, -0.05) is 17.7 Å². The van der Waals surface area contributed by atoms with Crippen molar-refractivity contribution in [2.24, 2.45) is 0 Å². The van der Waals surface area contributed by atoms with E-state index >= 15 is 0 Å². The van der Waals surface area contributed by atoms with E-state index in [1.807, 2.05) is 0 Å². The van der Waals surface area contributed by atoms with Crippen molar-refractivity contribution in [2.45, 2.75) is 26.3 Å². The van der Waals surface area contributed by atoms with Crippen molar-refractivity contribution in [3.8, 4) is 0 Å². The lowest BCUT2D eigenvalue weighted by molar-refractivity contribution is -0.118. The molecule has 0 heterocycles. The molecular formula is C8H14NO3S-. The average Bonchev–Trinajstić information content (AvgIpc) is 1.81. The summed E-state index contributed by atoms with van der Waals surface area (Å²) in [6.07, 6.45) is 0. The van der Waals surface area contributed by atoms with Crippen LogP contribution in [0, 0.1) is 0 Å². The molecule has 0 spiro atoms. The number of carbonyl (C=O) groups excluding carboxylic acids is 1. The van der Waals surface area contributed by atoms with E-state index in [4.69, 9.17) is 0 Å². The summed E-state index contributed by atoms with van der Waals surface area (Å²) in [4.78, 5) is 11.1. The van der Waals surface area contributed by atoms with Crippen LogP contribution in [0.1, 0.15) is 20.8 Å². The minimum absolute atomic E-state index is 0.105. The summed E-state index contributed by atoms with van der Waals surface area (Å²) in [5, 5.41) is 2.56. The molecule has 0 aromatic rings. The van der Waals surface area contributed by atoms with Gasteiger partial charge in [0.25, 0.3) is 0 Å². The Bertz CT molecular complexity index is 248. The molecule has 5 heteroatoms. The van der Waals surface area contributed by atoms with Gasteiger partial charge in [0.1, 0.15) is 0 Å². The number of nitrogens with one attached hydrogen (secondary N) is 1. The Morgan fingerprint density at radius 3 is 2.38 bits per heavy atom. The quantitative estimate of drug-likeness (QED) is 0.530. The molecule has 0 saturated heterocycles. The lowest BCUT2D eigenvalue weighted by atomic mass is 10.1. The highest BCUT2D eigenvalue weighted by atomic mass is 32.2. The third-order valence-electron chi connectivity index (χ3n) is 1.32. The third-order valence-corrected chi connectivity index (χ3v) is 2.28. The van der Waals surface area contributed by atoms with Crippen LogP contribution in [-0.2, 0) is 15.9 Å². The average molecular weight is 204 g/mol. The summed E-state index contributed by atoms with van der Waals surface area (Å²) in [6.45, 7) is 8.31. The van der Waals surface area contributed by atoms with Crippen LogP contribution >= 0.6 is 0 Å². The Morgan fingerprint density at radius 2 is 2.08 bits per heavy atom. The molecule has 0 bridgehead atoms. The van der Waals surface area contributed by atoms with Crippen molar-refractivity contribution in [3.63, 3.8) is 0 Å². The molecule has 0 aliphatic rings. The van der Waals surface area contributed by atoms with Crippen LogP contribution < -0.4 is 5.32 Å². The Balaban J connectivity index is 4.24. The maximum absolute atomic E-state index is 11.1. The normalized spacial score (nSPS) is 13.5. The van der Waals surface area contributed by atoms with E-state index in [0.717, 1.165) is 0 Å². The van der Waals surface area contributed by atoms with Crippen molar-refractivity contribution in [2.75, 3.05) is 5.75 Å². The molecule has 0 radical (unpaired) electrons. The van der Waals surface area contributed by atoms with Gasteiger partial charge in [0.15, 0.2) is 0 Å². The zero-order chi connectivity index (χ0) is 10.6. The predicted octanol–water partition coefficient (Wildman–Crippen LogP) is 0.336. The monoisotopic (exact) mass is 204 g/mol. The number of amides is 1. The number of hydrogen-bond acceptors (Lipinski definition) is 3. The maximum Gasteiger partial charge on any atom is 0.246 e. The summed E-state index contributed by atoms with van der Waals surface area (Å²) >= 11 is -2.16. The van der Waals surface area contributed by atoms with Gasteiger partial charge in [0.2, 0.25) is 5.91 Å². The largest absolute Gasteiger partial charge is 0.772 e. The van der Waals surface area contributed by atoms with Gasteiger partial charge in [0, 0.05) is 16.9 Å². The summed E-state index contributed by atoms with van der Waals surface area (Å²) in [5.74, 6) is -0.429. The number of carbonyl (C=O) groups is 1. The molecular weight excluding hydrogens is 190 g/mol. The molecule has 0 aromatic carbocycles. The number of rotatable bonds is 4. The van der Waals surface area contributed by atoms with Gasteiger partial charge >= 0.3 is 0 Å². The molecule has 1 unspecified atom stereocenters. The molecule has 0 rings (SSSR count). The second-order valence-electron chi connectivity index (χ2n) is 3.57. The highest BCUT2D eigenvalue weighted by Crippen LogP contribution is 2.04. The zero-order valence-corrected chi connectivity index (χ0v) is 8.86. The number of hydrogen-bond donors (Lipinski definition) is 1. The van der Waals surface area contributed by atoms with Gasteiger partial charge < -0.3 is 9.87 Å². The second kappa shape index (κ2) is 4.53. The molecule has 0 saturated carbocycles. The third kappa shape index (κ3) is 5.54. The minimum atomic E-state index is -2.16. The molecule has 1 N–H and O–H groups in total. The first-order valence-electron chi connectivity index (χ1n) is 3.78. The summed E-state index contributed by atoms with van der Waals surface area (Å²) < 4.78 is 20.8. The maximum atomic E-state index is 11.1. The van der Waals surface area contributed by atoms with Gasteiger partial charge in [-0.2, -0.15) is 0 Å². The van der Waals surface area contributed by atoms with Crippen molar-refractivity contribution in [1.82, 2.24) is 5.32 Å². The van der Waals surface area contributed by atoms with Crippen LogP contribution in [0.15, 0.2) is 12.2 Å². The molecule has 0 aromatic heterocycles. The van der Waals surface area contributed by atoms with Crippen LogP contribution in [0.3, 0.4) is 0 Å². The first kappa shape index (κ1) is 12.3. The van der Waals surface area contributed by atoms with Gasteiger partial charge in [-0.05, 0) is 20.8 Å². The molecule has 1 amide bonds. The lowest BCUT2D eigenvalue weighted by Crippen LogP contribution is -2.47. The van der Waals surface area contributed by atoms with Crippen molar-refractivity contribution in [3.05, 3.63) is 12.2 Å². The second-order valence-corrected chi connectivity index (χ2v) is 4.46. The van der Waals surface area contributed by atoms with Gasteiger partial charge in [-0.3, -0.25) is 9.00 Å². The summed E-state index contributed by atoms with van der Waals surface area (Å²) in [7, 11) is 0. The molecule has 0 fully saturated rings. The first-order valence-corrected chi connectivity index (χ1v) is 5.03. The van der Waals surface area contributed by atoms with E-state index in [-0.39, 0.29) is 11.7 Å². The van der Waals surface area contributed by atoms with Crippen LogP contribution in [0.5, 0.6) is 0 Å². The van der Waals surface area contributed by atoms with Crippen molar-refractivity contribution < 1.29 is 13.6 Å². The van der Waals surface area contributed by atoms with Gasteiger partial charge in [-0.15, -0.1) is 0 Å². The fourth-order valence-electron chi connectivity index (χ4n) is 0.745. The van der Waals surface area contributed by atoms with Crippen molar-refractivity contribution >= 4 is 17.0 Å². The Kier molecular flexibility index (Phi) is 4.29. The molecule has 0 aliphatic carbocycles. The molecule has 4 nitrogen and oxygen atoms in total. The van der Waals surface area contributed by atoms with E-state index in [9.17, 15) is 13.6 Å². The highest BCUT2D eigenvalue weighted by molar-refractivity contribution is 7.79. The Hall–Kier alpha value is -0.680. The van der Waals surface area contributed by atoms with E-state index in [0.29, 0.717) is 5.57 Å². The van der Waals surface area contributed by atoms with E-state index < -0.39 is 16.6 Å². The zero-order valence-electron chi connectivity index (χ0n) is 8.05. The standard InChI is InChI=1S/C8H15NO3S/c1-6(2)7(10)9-8(3,4)5-13(11)12/h1,5H2,2-4H3,(H,9,10)(H,11,12)/p-1.